The van der Waals surface area contributed by atoms with Gasteiger partial charge >= 0.3 is 5.97 Å². The molecule has 164 valence electrons. The minimum absolute atomic E-state index is 0.349. The highest BCUT2D eigenvalue weighted by molar-refractivity contribution is 5.75. The molecule has 1 aromatic rings. The summed E-state index contributed by atoms with van der Waals surface area (Å²) in [4.78, 5) is 13.9. The quantitative estimate of drug-likeness (QED) is 0.347. The lowest BCUT2D eigenvalue weighted by Crippen LogP contribution is -2.43. The molecule has 1 aliphatic rings. The second-order valence-corrected chi connectivity index (χ2v) is 8.87. The number of aliphatic carboxylic acids is 1. The minimum atomic E-state index is -1.30. The Hall–Kier alpha value is -1.55. The van der Waals surface area contributed by atoms with Crippen molar-refractivity contribution in [3.05, 3.63) is 29.8 Å². The van der Waals surface area contributed by atoms with Crippen LogP contribution < -0.4 is 4.90 Å². The van der Waals surface area contributed by atoms with Gasteiger partial charge in [0.15, 0.2) is 0 Å². The van der Waals surface area contributed by atoms with E-state index in [0.29, 0.717) is 13.0 Å². The Morgan fingerprint density at radius 1 is 0.966 bits per heavy atom. The number of para-hydroxylation sites is 1. The number of benzene rings is 1. The number of β-amino-alcohol motifs (C(OH)–C–C–N with tert-alkyl or cyclic N) is 1. The van der Waals surface area contributed by atoms with Crippen molar-refractivity contribution in [1.29, 1.82) is 0 Å². The fraction of sp³-hybridized carbons (Fsp3) is 0.720. The van der Waals surface area contributed by atoms with Crippen LogP contribution in [0.3, 0.4) is 0 Å². The molecule has 1 aromatic carbocycles. The summed E-state index contributed by atoms with van der Waals surface area (Å²) in [6.07, 6.45) is 15.6. The number of carboxylic acids is 1. The van der Waals surface area contributed by atoms with E-state index in [-0.39, 0.29) is 0 Å². The first kappa shape index (κ1) is 23.7. The normalized spacial score (nSPS) is 19.3. The van der Waals surface area contributed by atoms with Gasteiger partial charge in [-0.15, -0.1) is 0 Å². The summed E-state index contributed by atoms with van der Waals surface area (Å²) < 4.78 is 0. The molecule has 1 aliphatic heterocycles. The Balaban J connectivity index is 1.68. The van der Waals surface area contributed by atoms with Crippen molar-refractivity contribution >= 4 is 11.7 Å². The van der Waals surface area contributed by atoms with E-state index in [0.717, 1.165) is 30.5 Å². The van der Waals surface area contributed by atoms with E-state index in [9.17, 15) is 15.0 Å². The number of fused-ring (bicyclic) bond motifs is 1. The van der Waals surface area contributed by atoms with Crippen LogP contribution in [-0.4, -0.2) is 29.8 Å². The first-order valence-electron chi connectivity index (χ1n) is 11.8. The van der Waals surface area contributed by atoms with Gasteiger partial charge in [0.2, 0.25) is 0 Å². The molecule has 4 nitrogen and oxygen atoms in total. The van der Waals surface area contributed by atoms with Gasteiger partial charge < -0.3 is 15.1 Å². The minimum Gasteiger partial charge on any atom is -0.481 e. The van der Waals surface area contributed by atoms with Crippen LogP contribution >= 0.6 is 0 Å². The van der Waals surface area contributed by atoms with Crippen LogP contribution in [0, 0.1) is 5.92 Å². The van der Waals surface area contributed by atoms with Crippen LogP contribution in [0.25, 0.3) is 0 Å². The fourth-order valence-corrected chi connectivity index (χ4v) is 4.76. The molecule has 0 amide bonds. The molecule has 0 fully saturated rings. The molecule has 0 spiro atoms. The standard InChI is InChI=1S/C25H41NO3/c1-3-4-5-6-7-8-9-10-11-12-13-14-18-22(24(27)28)25(29)20-26(2)23-19-16-15-17-21(23)25/h15-17,19,22,29H,3-14,18,20H2,1-2H3,(H,27,28). The van der Waals surface area contributed by atoms with E-state index in [4.69, 9.17) is 0 Å². The summed E-state index contributed by atoms with van der Waals surface area (Å²) in [5, 5.41) is 21.1. The molecule has 2 atom stereocenters. The molecule has 0 bridgehead atoms. The van der Waals surface area contributed by atoms with Crippen molar-refractivity contribution in [2.75, 3.05) is 18.5 Å². The van der Waals surface area contributed by atoms with Gasteiger partial charge in [0.25, 0.3) is 0 Å². The molecule has 1 heterocycles. The Kier molecular flexibility index (Phi) is 9.99. The van der Waals surface area contributed by atoms with Crippen molar-refractivity contribution in [3.63, 3.8) is 0 Å². The lowest BCUT2D eigenvalue weighted by molar-refractivity contribution is -0.152. The van der Waals surface area contributed by atoms with Gasteiger partial charge in [-0.3, -0.25) is 4.79 Å². The number of hydrogen-bond acceptors (Lipinski definition) is 3. The number of carboxylic acid groups (broad SMARTS) is 1. The maximum atomic E-state index is 12.0. The smallest absolute Gasteiger partial charge is 0.309 e. The van der Waals surface area contributed by atoms with E-state index < -0.39 is 17.5 Å². The van der Waals surface area contributed by atoms with Crippen molar-refractivity contribution in [2.24, 2.45) is 5.92 Å². The number of hydrogen-bond donors (Lipinski definition) is 2. The molecule has 0 radical (unpaired) electrons. The average Bonchev–Trinajstić information content (AvgIpc) is 2.96. The topological polar surface area (TPSA) is 60.8 Å². The molecule has 4 heteroatoms. The highest BCUT2D eigenvalue weighted by Crippen LogP contribution is 2.44. The molecule has 0 aromatic heterocycles. The molecule has 0 aliphatic carbocycles. The average molecular weight is 404 g/mol. The van der Waals surface area contributed by atoms with Crippen LogP contribution in [0.4, 0.5) is 5.69 Å². The predicted octanol–water partition coefficient (Wildman–Crippen LogP) is 6.12. The van der Waals surface area contributed by atoms with Gasteiger partial charge in [-0.05, 0) is 12.5 Å². The third-order valence-electron chi connectivity index (χ3n) is 6.48. The van der Waals surface area contributed by atoms with Gasteiger partial charge in [0.05, 0.1) is 12.5 Å². The molecule has 2 N–H and O–H groups in total. The van der Waals surface area contributed by atoms with Gasteiger partial charge in [-0.25, -0.2) is 0 Å². The zero-order chi connectivity index (χ0) is 21.1. The predicted molar refractivity (Wildman–Crippen MR) is 120 cm³/mol. The summed E-state index contributed by atoms with van der Waals surface area (Å²) in [5.41, 5.74) is 0.402. The number of anilines is 1. The van der Waals surface area contributed by atoms with E-state index in [1.54, 1.807) is 0 Å². The van der Waals surface area contributed by atoms with Crippen LogP contribution in [0.2, 0.25) is 0 Å². The first-order valence-corrected chi connectivity index (χ1v) is 11.8. The Morgan fingerprint density at radius 3 is 2.03 bits per heavy atom. The molecular weight excluding hydrogens is 362 g/mol. The van der Waals surface area contributed by atoms with E-state index in [1.807, 2.05) is 36.2 Å². The summed E-state index contributed by atoms with van der Waals surface area (Å²) in [5.74, 6) is -1.64. The third kappa shape index (κ3) is 6.74. The molecule has 0 saturated carbocycles. The van der Waals surface area contributed by atoms with Gasteiger partial charge in [-0.2, -0.15) is 0 Å². The summed E-state index contributed by atoms with van der Waals surface area (Å²) >= 11 is 0. The zero-order valence-corrected chi connectivity index (χ0v) is 18.5. The third-order valence-corrected chi connectivity index (χ3v) is 6.48. The Labute approximate surface area is 177 Å². The highest BCUT2D eigenvalue weighted by atomic mass is 16.4. The lowest BCUT2D eigenvalue weighted by atomic mass is 9.79. The first-order chi connectivity index (χ1) is 14.0. The van der Waals surface area contributed by atoms with Gasteiger partial charge in [0.1, 0.15) is 5.60 Å². The largest absolute Gasteiger partial charge is 0.481 e. The van der Waals surface area contributed by atoms with E-state index in [2.05, 4.69) is 6.92 Å². The zero-order valence-electron chi connectivity index (χ0n) is 18.5. The van der Waals surface area contributed by atoms with Crippen LogP contribution in [-0.2, 0) is 10.4 Å². The van der Waals surface area contributed by atoms with Crippen molar-refractivity contribution in [3.8, 4) is 0 Å². The number of aliphatic hydroxyl groups is 1. The number of unbranched alkanes of at least 4 members (excludes halogenated alkanes) is 11. The molecule has 2 rings (SSSR count). The Morgan fingerprint density at radius 2 is 1.48 bits per heavy atom. The second kappa shape index (κ2) is 12.2. The van der Waals surface area contributed by atoms with Crippen molar-refractivity contribution in [2.45, 2.75) is 96.0 Å². The lowest BCUT2D eigenvalue weighted by Gasteiger charge is -2.30. The molecule has 0 saturated heterocycles. The molecule has 29 heavy (non-hydrogen) atoms. The maximum Gasteiger partial charge on any atom is 0.309 e. The molecular formula is C25H41NO3. The van der Waals surface area contributed by atoms with Crippen LogP contribution in [0.1, 0.15) is 96.0 Å². The van der Waals surface area contributed by atoms with Crippen molar-refractivity contribution < 1.29 is 15.0 Å². The van der Waals surface area contributed by atoms with Crippen LogP contribution in [0.15, 0.2) is 24.3 Å². The maximum absolute atomic E-state index is 12.0. The number of nitrogens with zero attached hydrogens (tertiary/aromatic N) is 1. The summed E-state index contributed by atoms with van der Waals surface area (Å²) in [6.45, 7) is 2.60. The van der Waals surface area contributed by atoms with Crippen molar-refractivity contribution in [1.82, 2.24) is 0 Å². The second-order valence-electron chi connectivity index (χ2n) is 8.87. The highest BCUT2D eigenvalue weighted by Gasteiger charge is 2.48. The fourth-order valence-electron chi connectivity index (χ4n) is 4.76. The van der Waals surface area contributed by atoms with Gasteiger partial charge in [0, 0.05) is 18.3 Å². The summed E-state index contributed by atoms with van der Waals surface area (Å²) in [7, 11) is 1.92. The van der Waals surface area contributed by atoms with Crippen LogP contribution in [0.5, 0.6) is 0 Å². The number of carbonyl (C=O) groups is 1. The van der Waals surface area contributed by atoms with Gasteiger partial charge in [-0.1, -0.05) is 102 Å². The number of rotatable bonds is 15. The summed E-state index contributed by atoms with van der Waals surface area (Å²) in [6, 6.07) is 7.64. The SMILES string of the molecule is CCCCCCCCCCCCCCC(C(=O)O)C1(O)CN(C)c2ccccc21. The Bertz CT molecular complexity index is 618. The molecule has 2 unspecified atom stereocenters. The van der Waals surface area contributed by atoms with E-state index in [1.165, 1.54) is 57.8 Å². The van der Waals surface area contributed by atoms with E-state index >= 15 is 0 Å². The number of likely N-dealkylation sites (N-methyl/N-ethyl adjacent to an activating group) is 1. The monoisotopic (exact) mass is 403 g/mol.